The van der Waals surface area contributed by atoms with Gasteiger partial charge in [0.1, 0.15) is 21.7 Å². The molecule has 0 spiro atoms. The third-order valence-corrected chi connectivity index (χ3v) is 6.28. The maximum atomic E-state index is 13.0. The molecule has 0 aliphatic heterocycles. The Morgan fingerprint density at radius 1 is 1.21 bits per heavy atom. The Hall–Kier alpha value is -3.83. The second-order valence-corrected chi connectivity index (χ2v) is 8.80. The molecule has 9 nitrogen and oxygen atoms in total. The molecule has 2 N–H and O–H groups in total. The molecule has 11 heteroatoms. The lowest BCUT2D eigenvalue weighted by Gasteiger charge is -2.09. The maximum absolute atomic E-state index is 13.0. The third-order valence-electron chi connectivity index (χ3n) is 4.86. The average Bonchev–Trinajstić information content (AvgIpc) is 3.22. The number of fused-ring (bicyclic) bond motifs is 1. The minimum Gasteiger partial charge on any atom is -0.462 e. The number of benzene rings is 2. The van der Waals surface area contributed by atoms with Crippen LogP contribution < -0.4 is 10.9 Å². The number of ether oxygens (including phenoxy) is 1. The van der Waals surface area contributed by atoms with Gasteiger partial charge in [-0.3, -0.25) is 20.3 Å². The summed E-state index contributed by atoms with van der Waals surface area (Å²) in [6, 6.07) is 12.6. The van der Waals surface area contributed by atoms with E-state index < -0.39 is 22.4 Å². The van der Waals surface area contributed by atoms with Crippen LogP contribution in [-0.2, 0) is 4.74 Å². The highest BCUT2D eigenvalue weighted by Gasteiger charge is 2.24. The first-order chi connectivity index (χ1) is 16.3. The monoisotopic (exact) mass is 541 g/mol. The van der Waals surface area contributed by atoms with Crippen LogP contribution in [0.3, 0.4) is 0 Å². The standard InChI is InChI=1S/C23H16BrN3O6S/c1-2-32-23(29)19-17(12-3-5-14(24)6-4-12)11-34-22(19)26-21(28)16-10-13-9-15(27(30)31)7-8-18(13)33-20(16)25/h3-11,25H,2H2,1H3,(H,26,28). The van der Waals surface area contributed by atoms with Gasteiger partial charge in [0.05, 0.1) is 11.5 Å². The van der Waals surface area contributed by atoms with E-state index in [4.69, 9.17) is 14.6 Å². The van der Waals surface area contributed by atoms with Crippen molar-refractivity contribution in [3.63, 3.8) is 0 Å². The van der Waals surface area contributed by atoms with E-state index in [0.717, 1.165) is 21.4 Å². The van der Waals surface area contributed by atoms with Crippen molar-refractivity contribution in [1.29, 1.82) is 5.41 Å². The number of thiophene rings is 1. The number of nitro groups is 1. The number of rotatable bonds is 6. The summed E-state index contributed by atoms with van der Waals surface area (Å²) in [6.07, 6.45) is 0. The van der Waals surface area contributed by atoms with Crippen molar-refractivity contribution in [3.8, 4) is 11.1 Å². The molecule has 0 fully saturated rings. The zero-order chi connectivity index (χ0) is 24.4. The summed E-state index contributed by atoms with van der Waals surface area (Å²) in [5, 5.41) is 24.1. The van der Waals surface area contributed by atoms with Crippen LogP contribution in [0.4, 0.5) is 10.7 Å². The molecule has 0 saturated carbocycles. The van der Waals surface area contributed by atoms with Crippen LogP contribution >= 0.6 is 27.3 Å². The highest BCUT2D eigenvalue weighted by atomic mass is 79.9. The molecular formula is C23H16BrN3O6S. The number of nitrogens with zero attached hydrogens (tertiary/aromatic N) is 1. The lowest BCUT2D eigenvalue weighted by molar-refractivity contribution is -0.384. The van der Waals surface area contributed by atoms with Crippen LogP contribution in [0.5, 0.6) is 0 Å². The largest absolute Gasteiger partial charge is 0.462 e. The molecule has 0 saturated heterocycles. The summed E-state index contributed by atoms with van der Waals surface area (Å²) in [5.74, 6) is -1.29. The number of nitrogens with one attached hydrogen (secondary N) is 2. The average molecular weight is 542 g/mol. The van der Waals surface area contributed by atoms with Gasteiger partial charge in [0, 0.05) is 32.9 Å². The predicted molar refractivity (Wildman–Crippen MR) is 130 cm³/mol. The molecule has 0 unspecified atom stereocenters. The van der Waals surface area contributed by atoms with Gasteiger partial charge >= 0.3 is 5.97 Å². The zero-order valence-corrected chi connectivity index (χ0v) is 20.0. The van der Waals surface area contributed by atoms with E-state index in [1.807, 2.05) is 24.3 Å². The smallest absolute Gasteiger partial charge is 0.341 e. The number of hydrogen-bond donors (Lipinski definition) is 2. The minimum absolute atomic E-state index is 0.138. The molecule has 1 amide bonds. The third kappa shape index (κ3) is 4.61. The van der Waals surface area contributed by atoms with Crippen molar-refractivity contribution in [2.24, 2.45) is 0 Å². The number of nitro benzene ring substituents is 1. The van der Waals surface area contributed by atoms with Crippen LogP contribution in [0.1, 0.15) is 27.6 Å². The fraction of sp³-hybridized carbons (Fsp3) is 0.0870. The molecular weight excluding hydrogens is 526 g/mol. The van der Waals surface area contributed by atoms with Crippen LogP contribution in [0, 0.1) is 15.5 Å². The molecule has 2 aromatic carbocycles. The van der Waals surface area contributed by atoms with E-state index in [2.05, 4.69) is 21.2 Å². The fourth-order valence-electron chi connectivity index (χ4n) is 3.28. The molecule has 2 aromatic heterocycles. The Bertz CT molecular complexity index is 1490. The van der Waals surface area contributed by atoms with E-state index in [9.17, 15) is 19.7 Å². The molecule has 4 rings (SSSR count). The SMILES string of the molecule is CCOC(=O)c1c(-c2ccc(Br)cc2)csc1NC(=O)c1cc2cc([N+](=O)[O-])ccc2oc1=N. The normalized spacial score (nSPS) is 10.8. The molecule has 0 atom stereocenters. The van der Waals surface area contributed by atoms with E-state index in [1.165, 1.54) is 24.3 Å². The van der Waals surface area contributed by atoms with E-state index >= 15 is 0 Å². The van der Waals surface area contributed by atoms with Crippen molar-refractivity contribution in [2.75, 3.05) is 11.9 Å². The van der Waals surface area contributed by atoms with Crippen LogP contribution in [0.25, 0.3) is 22.1 Å². The van der Waals surface area contributed by atoms with Gasteiger partial charge in [-0.2, -0.15) is 0 Å². The number of non-ortho nitro benzene ring substituents is 1. The van der Waals surface area contributed by atoms with E-state index in [1.54, 1.807) is 12.3 Å². The molecule has 4 aromatic rings. The topological polar surface area (TPSA) is 136 Å². The van der Waals surface area contributed by atoms with Crippen molar-refractivity contribution in [1.82, 2.24) is 0 Å². The van der Waals surface area contributed by atoms with E-state index in [0.29, 0.717) is 10.9 Å². The van der Waals surface area contributed by atoms with Crippen LogP contribution in [0.2, 0.25) is 0 Å². The summed E-state index contributed by atoms with van der Waals surface area (Å²) >= 11 is 4.52. The van der Waals surface area contributed by atoms with Gasteiger partial charge in [-0.25, -0.2) is 4.79 Å². The van der Waals surface area contributed by atoms with E-state index in [-0.39, 0.29) is 34.0 Å². The second kappa shape index (κ2) is 9.57. The Kier molecular flexibility index (Phi) is 6.57. The van der Waals surface area contributed by atoms with Gasteiger partial charge in [0.2, 0.25) is 5.55 Å². The molecule has 172 valence electrons. The summed E-state index contributed by atoms with van der Waals surface area (Å²) in [7, 11) is 0. The van der Waals surface area contributed by atoms with Crippen molar-refractivity contribution in [2.45, 2.75) is 6.92 Å². The summed E-state index contributed by atoms with van der Waals surface area (Å²) in [4.78, 5) is 36.3. The van der Waals surface area contributed by atoms with Gasteiger partial charge in [0.25, 0.3) is 11.6 Å². The first kappa shape index (κ1) is 23.3. The quantitative estimate of drug-likeness (QED) is 0.181. The van der Waals surface area contributed by atoms with Gasteiger partial charge in [0.15, 0.2) is 0 Å². The Morgan fingerprint density at radius 2 is 1.94 bits per heavy atom. The number of halogens is 1. The molecule has 0 aliphatic carbocycles. The first-order valence-electron chi connectivity index (χ1n) is 9.91. The summed E-state index contributed by atoms with van der Waals surface area (Å²) in [6.45, 7) is 1.84. The van der Waals surface area contributed by atoms with Crippen molar-refractivity contribution < 1.29 is 23.7 Å². The minimum atomic E-state index is -0.697. The van der Waals surface area contributed by atoms with Gasteiger partial charge in [-0.1, -0.05) is 28.1 Å². The highest BCUT2D eigenvalue weighted by Crippen LogP contribution is 2.37. The second-order valence-electron chi connectivity index (χ2n) is 7.00. The van der Waals surface area contributed by atoms with Crippen molar-refractivity contribution >= 4 is 60.8 Å². The number of carbonyl (C=O) groups excluding carboxylic acids is 2. The lowest BCUT2D eigenvalue weighted by Crippen LogP contribution is -2.21. The van der Waals surface area contributed by atoms with Gasteiger partial charge in [-0.15, -0.1) is 11.3 Å². The van der Waals surface area contributed by atoms with Gasteiger partial charge in [-0.05, 0) is 36.8 Å². The summed E-state index contributed by atoms with van der Waals surface area (Å²) in [5.41, 5.74) is 1.06. The number of hydrogen-bond acceptors (Lipinski definition) is 8. The van der Waals surface area contributed by atoms with Gasteiger partial charge < -0.3 is 14.5 Å². The predicted octanol–water partition coefficient (Wildman–Crippen LogP) is 5.74. The Labute approximate surface area is 204 Å². The molecule has 0 bridgehead atoms. The number of esters is 1. The molecule has 2 heterocycles. The number of amides is 1. The zero-order valence-electron chi connectivity index (χ0n) is 17.6. The number of anilines is 1. The molecule has 0 aliphatic rings. The van der Waals surface area contributed by atoms with Crippen LogP contribution in [-0.4, -0.2) is 23.4 Å². The fourth-order valence-corrected chi connectivity index (χ4v) is 4.49. The Morgan fingerprint density at radius 3 is 2.62 bits per heavy atom. The number of carbonyl (C=O) groups is 2. The molecule has 0 radical (unpaired) electrons. The van der Waals surface area contributed by atoms with Crippen LogP contribution in [0.15, 0.2) is 62.8 Å². The summed E-state index contributed by atoms with van der Waals surface area (Å²) < 4.78 is 11.5. The van der Waals surface area contributed by atoms with Crippen molar-refractivity contribution in [3.05, 3.63) is 85.2 Å². The Balaban J connectivity index is 1.74. The molecule has 34 heavy (non-hydrogen) atoms. The highest BCUT2D eigenvalue weighted by molar-refractivity contribution is 9.10. The maximum Gasteiger partial charge on any atom is 0.341 e. The lowest BCUT2D eigenvalue weighted by atomic mass is 10.0. The first-order valence-corrected chi connectivity index (χ1v) is 11.6.